The van der Waals surface area contributed by atoms with Crippen LogP contribution in [0.15, 0.2) is 14.7 Å². The highest BCUT2D eigenvalue weighted by atomic mass is 79.9. The van der Waals surface area contributed by atoms with Crippen molar-refractivity contribution in [2.75, 3.05) is 7.05 Å². The Balaban J connectivity index is 2.37. The molecule has 0 spiro atoms. The van der Waals surface area contributed by atoms with Gasteiger partial charge in [-0.25, -0.2) is 8.42 Å². The van der Waals surface area contributed by atoms with Crippen molar-refractivity contribution >= 4 is 37.3 Å². The number of rotatable bonds is 4. The number of nitrogens with zero attached hydrogens (tertiary/aromatic N) is 1. The Morgan fingerprint density at radius 1 is 1.62 bits per heavy atom. The van der Waals surface area contributed by atoms with E-state index in [4.69, 9.17) is 5.73 Å². The van der Waals surface area contributed by atoms with Gasteiger partial charge in [0.05, 0.1) is 3.79 Å². The molecule has 2 rings (SSSR count). The van der Waals surface area contributed by atoms with E-state index in [2.05, 4.69) is 15.9 Å². The topological polar surface area (TPSA) is 63.4 Å². The van der Waals surface area contributed by atoms with Crippen molar-refractivity contribution in [2.45, 2.75) is 30.3 Å². The molecular formula is C9H13BrN2O2S2. The van der Waals surface area contributed by atoms with Crippen molar-refractivity contribution in [2.24, 2.45) is 5.73 Å². The van der Waals surface area contributed by atoms with E-state index in [9.17, 15) is 8.42 Å². The lowest BCUT2D eigenvalue weighted by Gasteiger charge is -2.15. The Morgan fingerprint density at radius 2 is 2.25 bits per heavy atom. The molecule has 0 atom stereocenters. The molecule has 4 nitrogen and oxygen atoms in total. The molecule has 0 aromatic carbocycles. The molecule has 1 fully saturated rings. The maximum absolute atomic E-state index is 12.2. The fourth-order valence-corrected chi connectivity index (χ4v) is 5.39. The fourth-order valence-electron chi connectivity index (χ4n) is 1.46. The van der Waals surface area contributed by atoms with E-state index < -0.39 is 10.0 Å². The van der Waals surface area contributed by atoms with Crippen LogP contribution >= 0.6 is 27.3 Å². The summed E-state index contributed by atoms with van der Waals surface area (Å²) in [5.74, 6) is 0. The van der Waals surface area contributed by atoms with Crippen LogP contribution in [0.4, 0.5) is 0 Å². The third-order valence-corrected chi connectivity index (χ3v) is 6.81. The van der Waals surface area contributed by atoms with E-state index in [1.54, 1.807) is 13.1 Å². The zero-order valence-electron chi connectivity index (χ0n) is 8.81. The van der Waals surface area contributed by atoms with Crippen molar-refractivity contribution in [1.29, 1.82) is 0 Å². The van der Waals surface area contributed by atoms with Crippen molar-refractivity contribution < 1.29 is 8.42 Å². The van der Waals surface area contributed by atoms with Gasteiger partial charge >= 0.3 is 0 Å². The minimum Gasteiger partial charge on any atom is -0.326 e. The van der Waals surface area contributed by atoms with Gasteiger partial charge in [-0.1, -0.05) is 0 Å². The Hall–Kier alpha value is 0.0500. The molecule has 16 heavy (non-hydrogen) atoms. The van der Waals surface area contributed by atoms with Gasteiger partial charge in [-0.05, 0) is 34.8 Å². The highest BCUT2D eigenvalue weighted by Crippen LogP contribution is 2.36. The summed E-state index contributed by atoms with van der Waals surface area (Å²) in [6.07, 6.45) is 1.92. The van der Waals surface area contributed by atoms with Crippen LogP contribution in [0.5, 0.6) is 0 Å². The Bertz CT molecular complexity index is 494. The lowest BCUT2D eigenvalue weighted by atomic mass is 10.5. The number of nitrogens with two attached hydrogens (primary N) is 1. The molecule has 0 amide bonds. The van der Waals surface area contributed by atoms with Gasteiger partial charge in [-0.3, -0.25) is 0 Å². The average molecular weight is 325 g/mol. The lowest BCUT2D eigenvalue weighted by molar-refractivity contribution is 0.464. The molecule has 90 valence electrons. The van der Waals surface area contributed by atoms with Gasteiger partial charge in [0, 0.05) is 24.5 Å². The minimum absolute atomic E-state index is 0.179. The molecular weight excluding hydrogens is 312 g/mol. The van der Waals surface area contributed by atoms with Gasteiger partial charge < -0.3 is 5.73 Å². The molecule has 7 heteroatoms. The average Bonchev–Trinajstić information content (AvgIpc) is 3.00. The van der Waals surface area contributed by atoms with E-state index in [0.29, 0.717) is 15.2 Å². The standard InChI is InChI=1S/C9H13BrN2O2S2/c1-12(6-2-3-6)16(13,14)8-4-7(5-11)15-9(8)10/h4,6H,2-3,5,11H2,1H3. The van der Waals surface area contributed by atoms with E-state index in [1.165, 1.54) is 15.6 Å². The summed E-state index contributed by atoms with van der Waals surface area (Å²) >= 11 is 4.67. The number of sulfonamides is 1. The molecule has 1 saturated carbocycles. The number of halogens is 1. The van der Waals surface area contributed by atoms with E-state index in [1.807, 2.05) is 0 Å². The predicted octanol–water partition coefficient (Wildman–Crippen LogP) is 1.75. The van der Waals surface area contributed by atoms with Gasteiger partial charge in [-0.2, -0.15) is 4.31 Å². The van der Waals surface area contributed by atoms with Gasteiger partial charge in [0.1, 0.15) is 4.90 Å². The van der Waals surface area contributed by atoms with Crippen molar-refractivity contribution in [3.63, 3.8) is 0 Å². The third kappa shape index (κ3) is 2.19. The van der Waals surface area contributed by atoms with Crippen molar-refractivity contribution in [3.05, 3.63) is 14.7 Å². The SMILES string of the molecule is CN(C1CC1)S(=O)(=O)c1cc(CN)sc1Br. The summed E-state index contributed by atoms with van der Waals surface area (Å²) in [6, 6.07) is 1.83. The molecule has 1 aromatic rings. The molecule has 0 unspecified atom stereocenters. The highest BCUT2D eigenvalue weighted by molar-refractivity contribution is 9.11. The molecule has 0 saturated heterocycles. The summed E-state index contributed by atoms with van der Waals surface area (Å²) in [5, 5.41) is 0. The first-order valence-corrected chi connectivity index (χ1v) is 7.98. The van der Waals surface area contributed by atoms with Crippen LogP contribution in [0.2, 0.25) is 0 Å². The zero-order chi connectivity index (χ0) is 11.9. The first-order chi connectivity index (χ1) is 7.46. The smallest absolute Gasteiger partial charge is 0.245 e. The van der Waals surface area contributed by atoms with Crippen LogP contribution < -0.4 is 5.73 Å². The summed E-state index contributed by atoms with van der Waals surface area (Å²) in [4.78, 5) is 1.21. The normalized spacial score (nSPS) is 17.0. The van der Waals surface area contributed by atoms with Gasteiger partial charge in [0.25, 0.3) is 0 Å². The number of hydrogen-bond acceptors (Lipinski definition) is 4. The van der Waals surface area contributed by atoms with Crippen molar-refractivity contribution in [1.82, 2.24) is 4.31 Å². The van der Waals surface area contributed by atoms with Gasteiger partial charge in [0.15, 0.2) is 0 Å². The Morgan fingerprint density at radius 3 is 2.69 bits per heavy atom. The maximum atomic E-state index is 12.2. The summed E-state index contributed by atoms with van der Waals surface area (Å²) in [7, 11) is -1.72. The largest absolute Gasteiger partial charge is 0.326 e. The summed E-state index contributed by atoms with van der Waals surface area (Å²) in [5.41, 5.74) is 5.50. The third-order valence-electron chi connectivity index (χ3n) is 2.63. The van der Waals surface area contributed by atoms with Gasteiger partial charge in [-0.15, -0.1) is 11.3 Å². The zero-order valence-corrected chi connectivity index (χ0v) is 12.0. The maximum Gasteiger partial charge on any atom is 0.245 e. The quantitative estimate of drug-likeness (QED) is 0.917. The molecule has 0 bridgehead atoms. The molecule has 0 radical (unpaired) electrons. The molecule has 0 aliphatic heterocycles. The van der Waals surface area contributed by atoms with Crippen molar-refractivity contribution in [3.8, 4) is 0 Å². The van der Waals surface area contributed by atoms with Crippen LogP contribution in [0.25, 0.3) is 0 Å². The highest BCUT2D eigenvalue weighted by Gasteiger charge is 2.36. The van der Waals surface area contributed by atoms with Crippen LogP contribution in [0, 0.1) is 0 Å². The Labute approximate surface area is 108 Å². The molecule has 1 aliphatic carbocycles. The molecule has 1 heterocycles. The predicted molar refractivity (Wildman–Crippen MR) is 67.9 cm³/mol. The first kappa shape index (κ1) is 12.5. The fraction of sp³-hybridized carbons (Fsp3) is 0.556. The number of thiophene rings is 1. The van der Waals surface area contributed by atoms with Crippen LogP contribution in [-0.2, 0) is 16.6 Å². The molecule has 1 aromatic heterocycles. The van der Waals surface area contributed by atoms with E-state index in [0.717, 1.165) is 17.7 Å². The molecule has 1 aliphatic rings. The second-order valence-electron chi connectivity index (χ2n) is 3.81. The summed E-state index contributed by atoms with van der Waals surface area (Å²) in [6.45, 7) is 0.367. The second kappa shape index (κ2) is 4.38. The lowest BCUT2D eigenvalue weighted by Crippen LogP contribution is -2.28. The van der Waals surface area contributed by atoms with Gasteiger partial charge in [0.2, 0.25) is 10.0 Å². The molecule has 2 N–H and O–H groups in total. The second-order valence-corrected chi connectivity index (χ2v) is 8.23. The van der Waals surface area contributed by atoms with Crippen LogP contribution in [0.1, 0.15) is 17.7 Å². The summed E-state index contributed by atoms with van der Waals surface area (Å²) < 4.78 is 26.5. The monoisotopic (exact) mass is 324 g/mol. The van der Waals surface area contributed by atoms with E-state index >= 15 is 0 Å². The van der Waals surface area contributed by atoms with Crippen LogP contribution in [0.3, 0.4) is 0 Å². The number of hydrogen-bond donors (Lipinski definition) is 1. The first-order valence-electron chi connectivity index (χ1n) is 4.93. The Kier molecular flexibility index (Phi) is 3.42. The van der Waals surface area contributed by atoms with E-state index in [-0.39, 0.29) is 6.04 Å². The minimum atomic E-state index is -3.35. The van der Waals surface area contributed by atoms with Crippen LogP contribution in [-0.4, -0.2) is 25.8 Å².